The number of carboxylic acid groups (broad SMARTS) is 1. The third-order valence-corrected chi connectivity index (χ3v) is 2.93. The Labute approximate surface area is 123 Å². The fourth-order valence-electron chi connectivity index (χ4n) is 1.74. The van der Waals surface area contributed by atoms with Crippen molar-refractivity contribution in [3.05, 3.63) is 29.3 Å². The van der Waals surface area contributed by atoms with E-state index in [4.69, 9.17) is 21.4 Å². The molecule has 1 N–H and O–H groups in total. The van der Waals surface area contributed by atoms with E-state index >= 15 is 0 Å². The number of aliphatic carboxylic acids is 1. The van der Waals surface area contributed by atoms with Crippen molar-refractivity contribution in [1.29, 1.82) is 0 Å². The predicted molar refractivity (Wildman–Crippen MR) is 76.0 cm³/mol. The molecule has 1 rings (SSSR count). The van der Waals surface area contributed by atoms with E-state index in [9.17, 15) is 9.59 Å². The van der Waals surface area contributed by atoms with Crippen LogP contribution in [0.3, 0.4) is 0 Å². The molecular formula is C14H18ClNO4. The molecule has 0 aliphatic carbocycles. The predicted octanol–water partition coefficient (Wildman–Crippen LogP) is 2.43. The van der Waals surface area contributed by atoms with E-state index in [0.717, 1.165) is 0 Å². The Morgan fingerprint density at radius 2 is 2.05 bits per heavy atom. The van der Waals surface area contributed by atoms with Gasteiger partial charge in [-0.05, 0) is 25.5 Å². The summed E-state index contributed by atoms with van der Waals surface area (Å²) in [6, 6.07) is 6.83. The van der Waals surface area contributed by atoms with E-state index in [-0.39, 0.29) is 12.5 Å². The van der Waals surface area contributed by atoms with Gasteiger partial charge in [0.15, 0.2) is 6.10 Å². The molecule has 1 amide bonds. The van der Waals surface area contributed by atoms with Crippen LogP contribution >= 0.6 is 11.6 Å². The molecule has 0 heterocycles. The van der Waals surface area contributed by atoms with Crippen LogP contribution in [0.4, 0.5) is 0 Å². The summed E-state index contributed by atoms with van der Waals surface area (Å²) in [4.78, 5) is 24.2. The maximum absolute atomic E-state index is 12.2. The standard InChI is InChI=1S/C14H18ClNO4/c1-3-8-16(9-13(17)18)14(19)10(2)20-12-7-5-4-6-11(12)15/h4-7,10H,3,8-9H2,1-2H3,(H,17,18). The lowest BCUT2D eigenvalue weighted by atomic mass is 10.3. The highest BCUT2D eigenvalue weighted by molar-refractivity contribution is 6.32. The third kappa shape index (κ3) is 4.74. The molecule has 1 unspecified atom stereocenters. The number of nitrogens with zero attached hydrogens (tertiary/aromatic N) is 1. The molecule has 5 nitrogen and oxygen atoms in total. The van der Waals surface area contributed by atoms with Gasteiger partial charge in [-0.25, -0.2) is 0 Å². The van der Waals surface area contributed by atoms with Gasteiger partial charge in [0.05, 0.1) is 5.02 Å². The minimum atomic E-state index is -1.04. The van der Waals surface area contributed by atoms with E-state index < -0.39 is 12.1 Å². The average Bonchev–Trinajstić information content (AvgIpc) is 2.39. The molecule has 0 bridgehead atoms. The first-order chi connectivity index (χ1) is 9.45. The molecule has 1 aromatic carbocycles. The van der Waals surface area contributed by atoms with Crippen molar-refractivity contribution in [2.24, 2.45) is 0 Å². The highest BCUT2D eigenvalue weighted by Crippen LogP contribution is 2.24. The molecule has 1 atom stereocenters. The fourth-order valence-corrected chi connectivity index (χ4v) is 1.92. The molecule has 0 saturated heterocycles. The maximum Gasteiger partial charge on any atom is 0.323 e. The quantitative estimate of drug-likeness (QED) is 0.839. The fraction of sp³-hybridized carbons (Fsp3) is 0.429. The van der Waals surface area contributed by atoms with Crippen LogP contribution in [0.5, 0.6) is 5.75 Å². The van der Waals surface area contributed by atoms with Crippen molar-refractivity contribution in [1.82, 2.24) is 4.90 Å². The summed E-state index contributed by atoms with van der Waals surface area (Å²) in [5.41, 5.74) is 0. The average molecular weight is 300 g/mol. The van der Waals surface area contributed by atoms with E-state index in [1.807, 2.05) is 6.92 Å². The molecular weight excluding hydrogens is 282 g/mol. The highest BCUT2D eigenvalue weighted by atomic mass is 35.5. The van der Waals surface area contributed by atoms with Gasteiger partial charge < -0.3 is 14.7 Å². The Hall–Kier alpha value is -1.75. The van der Waals surface area contributed by atoms with Crippen molar-refractivity contribution in [2.45, 2.75) is 26.4 Å². The van der Waals surface area contributed by atoms with Crippen LogP contribution in [0.25, 0.3) is 0 Å². The van der Waals surface area contributed by atoms with Crippen molar-refractivity contribution < 1.29 is 19.4 Å². The number of para-hydroxylation sites is 1. The number of amides is 1. The summed E-state index contributed by atoms with van der Waals surface area (Å²) in [5.74, 6) is -1.01. The lowest BCUT2D eigenvalue weighted by Crippen LogP contribution is -2.43. The number of benzene rings is 1. The number of carboxylic acids is 1. The van der Waals surface area contributed by atoms with Gasteiger partial charge in [0.1, 0.15) is 12.3 Å². The molecule has 6 heteroatoms. The minimum absolute atomic E-state index is 0.330. The number of halogens is 1. The van der Waals surface area contributed by atoms with Gasteiger partial charge in [0.25, 0.3) is 5.91 Å². The molecule has 0 radical (unpaired) electrons. The molecule has 0 spiro atoms. The summed E-state index contributed by atoms with van der Waals surface area (Å²) in [6.07, 6.45) is -0.113. The second-order valence-corrected chi connectivity index (χ2v) is 4.75. The SMILES string of the molecule is CCCN(CC(=O)O)C(=O)C(C)Oc1ccccc1Cl. The second-order valence-electron chi connectivity index (χ2n) is 4.34. The zero-order valence-corrected chi connectivity index (χ0v) is 12.3. The van der Waals surface area contributed by atoms with E-state index in [1.165, 1.54) is 4.90 Å². The topological polar surface area (TPSA) is 66.8 Å². The van der Waals surface area contributed by atoms with Gasteiger partial charge in [-0.15, -0.1) is 0 Å². The van der Waals surface area contributed by atoms with Crippen LogP contribution in [-0.2, 0) is 9.59 Å². The summed E-state index contributed by atoms with van der Waals surface area (Å²) < 4.78 is 5.50. The summed E-state index contributed by atoms with van der Waals surface area (Å²) in [6.45, 7) is 3.50. The van der Waals surface area contributed by atoms with Crippen LogP contribution in [0.2, 0.25) is 5.02 Å². The van der Waals surface area contributed by atoms with Crippen molar-refractivity contribution in [3.8, 4) is 5.75 Å². The number of carbonyl (C=O) groups excluding carboxylic acids is 1. The first-order valence-electron chi connectivity index (χ1n) is 6.37. The Balaban J connectivity index is 2.73. The Morgan fingerprint density at radius 3 is 2.60 bits per heavy atom. The van der Waals surface area contributed by atoms with Crippen molar-refractivity contribution in [2.75, 3.05) is 13.1 Å². The van der Waals surface area contributed by atoms with Crippen LogP contribution < -0.4 is 4.74 Å². The Morgan fingerprint density at radius 1 is 1.40 bits per heavy atom. The molecule has 1 aromatic rings. The number of rotatable bonds is 7. The first kappa shape index (κ1) is 16.3. The maximum atomic E-state index is 12.2. The monoisotopic (exact) mass is 299 g/mol. The smallest absolute Gasteiger partial charge is 0.323 e. The molecule has 0 fully saturated rings. The molecule has 0 saturated carbocycles. The number of ether oxygens (including phenoxy) is 1. The number of hydrogen-bond donors (Lipinski definition) is 1. The molecule has 0 aliphatic rings. The van der Waals surface area contributed by atoms with Crippen LogP contribution in [0.1, 0.15) is 20.3 Å². The minimum Gasteiger partial charge on any atom is -0.480 e. The molecule has 0 aromatic heterocycles. The number of carbonyl (C=O) groups is 2. The van der Waals surface area contributed by atoms with E-state index in [2.05, 4.69) is 0 Å². The highest BCUT2D eigenvalue weighted by Gasteiger charge is 2.23. The van der Waals surface area contributed by atoms with Gasteiger partial charge in [-0.3, -0.25) is 9.59 Å². The van der Waals surface area contributed by atoms with Crippen molar-refractivity contribution in [3.63, 3.8) is 0 Å². The zero-order chi connectivity index (χ0) is 15.1. The molecule has 20 heavy (non-hydrogen) atoms. The summed E-state index contributed by atoms with van der Waals surface area (Å²) >= 11 is 5.95. The lowest BCUT2D eigenvalue weighted by molar-refractivity contribution is -0.147. The van der Waals surface area contributed by atoms with Gasteiger partial charge in [-0.2, -0.15) is 0 Å². The largest absolute Gasteiger partial charge is 0.480 e. The van der Waals surface area contributed by atoms with E-state index in [1.54, 1.807) is 31.2 Å². The van der Waals surface area contributed by atoms with Gasteiger partial charge in [0.2, 0.25) is 0 Å². The molecule has 0 aliphatic heterocycles. The van der Waals surface area contributed by atoms with E-state index in [0.29, 0.717) is 23.7 Å². The van der Waals surface area contributed by atoms with Crippen molar-refractivity contribution >= 4 is 23.5 Å². The van der Waals surface area contributed by atoms with Gasteiger partial charge >= 0.3 is 5.97 Å². The zero-order valence-electron chi connectivity index (χ0n) is 11.5. The van der Waals surface area contributed by atoms with Crippen LogP contribution in [0, 0.1) is 0 Å². The molecule has 110 valence electrons. The van der Waals surface area contributed by atoms with Gasteiger partial charge in [-0.1, -0.05) is 30.7 Å². The second kappa shape index (κ2) is 7.75. The number of hydrogen-bond acceptors (Lipinski definition) is 3. The van der Waals surface area contributed by atoms with Gasteiger partial charge in [0, 0.05) is 6.54 Å². The normalized spacial score (nSPS) is 11.8. The lowest BCUT2D eigenvalue weighted by Gasteiger charge is -2.24. The van der Waals surface area contributed by atoms with Crippen LogP contribution in [0.15, 0.2) is 24.3 Å². The summed E-state index contributed by atoms with van der Waals surface area (Å²) in [7, 11) is 0. The first-order valence-corrected chi connectivity index (χ1v) is 6.75. The Kier molecular flexibility index (Phi) is 6.31. The Bertz CT molecular complexity index is 478. The van der Waals surface area contributed by atoms with Crippen LogP contribution in [-0.4, -0.2) is 41.1 Å². The summed E-state index contributed by atoms with van der Waals surface area (Å²) in [5, 5.41) is 9.23. The third-order valence-electron chi connectivity index (χ3n) is 2.62.